The van der Waals surface area contributed by atoms with Crippen molar-refractivity contribution in [2.45, 2.75) is 51.4 Å². The molecule has 2 amide bonds. The van der Waals surface area contributed by atoms with Gasteiger partial charge in [0.25, 0.3) is 0 Å². The summed E-state index contributed by atoms with van der Waals surface area (Å²) >= 11 is 6.30. The smallest absolute Gasteiger partial charge is 0.243 e. The van der Waals surface area contributed by atoms with Crippen molar-refractivity contribution in [2.24, 2.45) is 0 Å². The Labute approximate surface area is 193 Å². The van der Waals surface area contributed by atoms with Crippen molar-refractivity contribution < 1.29 is 14.8 Å². The van der Waals surface area contributed by atoms with Crippen LogP contribution in [0.2, 0.25) is 5.02 Å². The number of fused-ring (bicyclic) bond motifs is 2. The number of hydrogen-bond donors (Lipinski definition) is 2. The third-order valence-corrected chi connectivity index (χ3v) is 6.61. The molecule has 0 radical (unpaired) electrons. The average molecular weight is 454 g/mol. The maximum Gasteiger partial charge on any atom is 0.243 e. The van der Waals surface area contributed by atoms with E-state index in [2.05, 4.69) is 18.2 Å². The van der Waals surface area contributed by atoms with Crippen molar-refractivity contribution >= 4 is 29.0 Å². The molecule has 1 aliphatic carbocycles. The molecule has 1 saturated heterocycles. The van der Waals surface area contributed by atoms with E-state index in [4.69, 9.17) is 21.8 Å². The van der Waals surface area contributed by atoms with Gasteiger partial charge < -0.3 is 4.90 Å². The Morgan fingerprint density at radius 3 is 2.56 bits per heavy atom. The summed E-state index contributed by atoms with van der Waals surface area (Å²) in [5.74, 6) is -0.282. The summed E-state index contributed by atoms with van der Waals surface area (Å²) in [4.78, 5) is 30.4. The van der Waals surface area contributed by atoms with E-state index in [9.17, 15) is 9.59 Å². The average Bonchev–Trinajstić information content (AvgIpc) is 2.98. The van der Waals surface area contributed by atoms with Gasteiger partial charge in [0.05, 0.1) is 5.69 Å². The molecular formula is C25H28ClN3O3. The summed E-state index contributed by atoms with van der Waals surface area (Å²) in [7, 11) is 0. The number of nitrogens with zero attached hydrogens (tertiary/aromatic N) is 2. The van der Waals surface area contributed by atoms with Gasteiger partial charge in [0.2, 0.25) is 11.8 Å². The monoisotopic (exact) mass is 453 g/mol. The van der Waals surface area contributed by atoms with Gasteiger partial charge in [-0.2, -0.15) is 0 Å². The highest BCUT2D eigenvalue weighted by atomic mass is 35.5. The molecule has 0 bridgehead atoms. The van der Waals surface area contributed by atoms with Crippen LogP contribution in [0.1, 0.15) is 60.9 Å². The highest BCUT2D eigenvalue weighted by Gasteiger charge is 2.26. The van der Waals surface area contributed by atoms with E-state index in [-0.39, 0.29) is 12.3 Å². The van der Waals surface area contributed by atoms with Crippen molar-refractivity contribution in [3.8, 4) is 0 Å². The largest absolute Gasteiger partial charge is 0.342 e. The summed E-state index contributed by atoms with van der Waals surface area (Å²) in [5.41, 5.74) is 8.97. The minimum absolute atomic E-state index is 0.130. The minimum atomic E-state index is -0.412. The van der Waals surface area contributed by atoms with Crippen LogP contribution >= 0.6 is 11.6 Å². The zero-order valence-corrected chi connectivity index (χ0v) is 18.8. The molecule has 168 valence electrons. The number of aryl methyl sites for hydroxylation is 2. The fourth-order valence-corrected chi connectivity index (χ4v) is 4.88. The van der Waals surface area contributed by atoms with Crippen molar-refractivity contribution in [1.82, 2.24) is 15.4 Å². The highest BCUT2D eigenvalue weighted by Crippen LogP contribution is 2.38. The molecule has 1 aliphatic heterocycles. The quantitative estimate of drug-likeness (QED) is 0.401. The van der Waals surface area contributed by atoms with E-state index >= 15 is 0 Å². The lowest BCUT2D eigenvalue weighted by molar-refractivity contribution is -0.132. The fourth-order valence-electron chi connectivity index (χ4n) is 4.69. The van der Waals surface area contributed by atoms with Gasteiger partial charge in [0.15, 0.2) is 0 Å². The lowest BCUT2D eigenvalue weighted by atomic mass is 9.88. The lowest BCUT2D eigenvalue weighted by Crippen LogP contribution is -2.36. The number of hydrogen-bond acceptors (Lipinski definition) is 4. The first-order valence-corrected chi connectivity index (χ1v) is 11.6. The molecule has 7 heteroatoms. The van der Waals surface area contributed by atoms with E-state index in [0.717, 1.165) is 36.4 Å². The van der Waals surface area contributed by atoms with Gasteiger partial charge in [-0.05, 0) is 73.4 Å². The Morgan fingerprint density at radius 1 is 1.03 bits per heavy atom. The van der Waals surface area contributed by atoms with Crippen molar-refractivity contribution in [1.29, 1.82) is 0 Å². The molecule has 2 N–H and O–H groups in total. The molecule has 1 fully saturated rings. The predicted octanol–water partition coefficient (Wildman–Crippen LogP) is 4.32. The van der Waals surface area contributed by atoms with E-state index < -0.39 is 5.91 Å². The SMILES string of the molecule is O=C(CCCCC(=O)N1CCC(=C2c3ccc(Cl)cc3CCc3cccnc32)CC1)NO. The number of likely N-dealkylation sites (tertiary alicyclic amines) is 1. The molecule has 0 saturated carbocycles. The Hall–Kier alpha value is -2.70. The molecule has 4 rings (SSSR count). The Balaban J connectivity index is 1.50. The molecule has 0 atom stereocenters. The topological polar surface area (TPSA) is 82.5 Å². The number of benzene rings is 1. The maximum absolute atomic E-state index is 12.6. The molecule has 2 aromatic rings. The van der Waals surface area contributed by atoms with Crippen LogP contribution in [-0.4, -0.2) is 40.0 Å². The van der Waals surface area contributed by atoms with Crippen LogP contribution in [-0.2, 0) is 22.4 Å². The summed E-state index contributed by atoms with van der Waals surface area (Å²) in [6.07, 6.45) is 7.27. The first-order valence-electron chi connectivity index (χ1n) is 11.2. The summed E-state index contributed by atoms with van der Waals surface area (Å²) in [6.45, 7) is 1.39. The summed E-state index contributed by atoms with van der Waals surface area (Å²) in [6, 6.07) is 10.3. The van der Waals surface area contributed by atoms with Crippen molar-refractivity contribution in [3.05, 3.63) is 69.5 Å². The Morgan fingerprint density at radius 2 is 1.78 bits per heavy atom. The van der Waals surface area contributed by atoms with Gasteiger partial charge in [-0.25, -0.2) is 5.48 Å². The Bertz CT molecular complexity index is 1040. The number of pyridine rings is 1. The lowest BCUT2D eigenvalue weighted by Gasteiger charge is -2.30. The standard InChI is InChI=1S/C25H28ClN3O3/c26-20-9-10-21-19(16-20)8-7-18-4-3-13-27-25(18)24(21)17-11-14-29(15-12-17)23(31)6-2-1-5-22(30)28-32/h3-4,9-10,13,16,32H,1-2,5-8,11-12,14-15H2,(H,28,30). The van der Waals surface area contributed by atoms with Gasteiger partial charge in [0.1, 0.15) is 0 Å². The number of carbonyl (C=O) groups is 2. The first kappa shape index (κ1) is 22.5. The second kappa shape index (κ2) is 10.3. The number of piperidine rings is 1. The molecule has 2 heterocycles. The van der Waals surface area contributed by atoms with E-state index in [1.165, 1.54) is 27.8 Å². The molecule has 32 heavy (non-hydrogen) atoms. The molecule has 1 aromatic heterocycles. The van der Waals surface area contributed by atoms with Gasteiger partial charge in [-0.3, -0.25) is 19.8 Å². The number of carbonyl (C=O) groups excluding carboxylic acids is 2. The number of rotatable bonds is 5. The van der Waals surface area contributed by atoms with E-state index in [1.54, 1.807) is 5.48 Å². The highest BCUT2D eigenvalue weighted by molar-refractivity contribution is 6.30. The third-order valence-electron chi connectivity index (χ3n) is 6.37. The van der Waals surface area contributed by atoms with Crippen LogP contribution in [0.4, 0.5) is 0 Å². The molecular weight excluding hydrogens is 426 g/mol. The molecule has 0 spiro atoms. The van der Waals surface area contributed by atoms with Crippen LogP contribution in [0.25, 0.3) is 5.57 Å². The van der Waals surface area contributed by atoms with Crippen LogP contribution in [0.5, 0.6) is 0 Å². The summed E-state index contributed by atoms with van der Waals surface area (Å²) < 4.78 is 0. The van der Waals surface area contributed by atoms with Gasteiger partial charge in [0, 0.05) is 42.7 Å². The zero-order valence-electron chi connectivity index (χ0n) is 18.1. The third kappa shape index (κ3) is 5.03. The number of nitrogens with one attached hydrogen (secondary N) is 1. The Kier molecular flexibility index (Phi) is 7.22. The van der Waals surface area contributed by atoms with Crippen LogP contribution in [0.15, 0.2) is 42.1 Å². The van der Waals surface area contributed by atoms with E-state index in [1.807, 2.05) is 23.2 Å². The number of aromatic nitrogens is 1. The molecule has 2 aliphatic rings. The van der Waals surface area contributed by atoms with Crippen molar-refractivity contribution in [3.63, 3.8) is 0 Å². The van der Waals surface area contributed by atoms with Crippen molar-refractivity contribution in [2.75, 3.05) is 13.1 Å². The van der Waals surface area contributed by atoms with Gasteiger partial charge in [-0.15, -0.1) is 0 Å². The number of unbranched alkanes of at least 4 members (excludes halogenated alkanes) is 1. The predicted molar refractivity (Wildman–Crippen MR) is 123 cm³/mol. The first-order chi connectivity index (χ1) is 15.6. The number of halogens is 1. The van der Waals surface area contributed by atoms with Crippen LogP contribution in [0.3, 0.4) is 0 Å². The minimum Gasteiger partial charge on any atom is -0.342 e. The van der Waals surface area contributed by atoms with Crippen LogP contribution in [0, 0.1) is 0 Å². The normalized spacial score (nSPS) is 15.6. The maximum atomic E-state index is 12.6. The molecule has 6 nitrogen and oxygen atoms in total. The zero-order chi connectivity index (χ0) is 22.5. The molecule has 1 aromatic carbocycles. The van der Waals surface area contributed by atoms with E-state index in [0.29, 0.717) is 32.4 Å². The molecule has 0 unspecified atom stereocenters. The second-order valence-corrected chi connectivity index (χ2v) is 8.85. The number of amides is 2. The summed E-state index contributed by atoms with van der Waals surface area (Å²) in [5, 5.41) is 9.30. The second-order valence-electron chi connectivity index (χ2n) is 8.41. The van der Waals surface area contributed by atoms with Gasteiger partial charge in [-0.1, -0.05) is 29.3 Å². The van der Waals surface area contributed by atoms with Gasteiger partial charge >= 0.3 is 0 Å². The van der Waals surface area contributed by atoms with Crippen LogP contribution < -0.4 is 5.48 Å². The fraction of sp³-hybridized carbons (Fsp3) is 0.400. The number of hydroxylamine groups is 1.